The predicted molar refractivity (Wildman–Crippen MR) is 81.5 cm³/mol. The zero-order valence-corrected chi connectivity index (χ0v) is 13.1. The smallest absolute Gasteiger partial charge is 0.178 e. The van der Waals surface area contributed by atoms with Crippen molar-refractivity contribution in [1.82, 2.24) is 10.2 Å². The molecule has 1 heterocycles. The Morgan fingerprint density at radius 1 is 1.15 bits per heavy atom. The van der Waals surface area contributed by atoms with Crippen LogP contribution in [0.1, 0.15) is 19.4 Å². The maximum absolute atomic E-state index is 12.1. The van der Waals surface area contributed by atoms with E-state index in [0.717, 1.165) is 32.7 Å². The van der Waals surface area contributed by atoms with Gasteiger partial charge in [-0.3, -0.25) is 4.90 Å². The second-order valence-corrected chi connectivity index (χ2v) is 7.88. The summed E-state index contributed by atoms with van der Waals surface area (Å²) >= 11 is 0. The Kier molecular flexibility index (Phi) is 5.18. The monoisotopic (exact) mass is 296 g/mol. The molecule has 5 heteroatoms. The average Bonchev–Trinajstić information content (AvgIpc) is 2.39. The molecule has 1 aliphatic heterocycles. The van der Waals surface area contributed by atoms with E-state index in [1.165, 1.54) is 5.56 Å². The molecule has 0 aliphatic carbocycles. The average molecular weight is 296 g/mol. The van der Waals surface area contributed by atoms with Gasteiger partial charge in [-0.1, -0.05) is 26.0 Å². The highest BCUT2D eigenvalue weighted by Crippen LogP contribution is 2.16. The number of rotatable bonds is 5. The van der Waals surface area contributed by atoms with E-state index >= 15 is 0 Å². The van der Waals surface area contributed by atoms with Crippen LogP contribution in [0.25, 0.3) is 0 Å². The lowest BCUT2D eigenvalue weighted by Gasteiger charge is -2.27. The summed E-state index contributed by atoms with van der Waals surface area (Å²) in [7, 11) is -3.13. The third-order valence-corrected chi connectivity index (χ3v) is 5.55. The minimum Gasteiger partial charge on any atom is -0.314 e. The Labute approximate surface area is 122 Å². The van der Waals surface area contributed by atoms with E-state index in [4.69, 9.17) is 0 Å². The molecule has 112 valence electrons. The molecule has 0 amide bonds. The molecule has 1 saturated heterocycles. The highest BCUT2D eigenvalue weighted by molar-refractivity contribution is 7.91. The van der Waals surface area contributed by atoms with Crippen molar-refractivity contribution in [3.63, 3.8) is 0 Å². The fourth-order valence-electron chi connectivity index (χ4n) is 2.46. The first-order valence-corrected chi connectivity index (χ1v) is 8.87. The lowest BCUT2D eigenvalue weighted by Crippen LogP contribution is -2.42. The van der Waals surface area contributed by atoms with E-state index in [1.54, 1.807) is 12.1 Å². The highest BCUT2D eigenvalue weighted by Gasteiger charge is 2.16. The van der Waals surface area contributed by atoms with Gasteiger partial charge in [-0.25, -0.2) is 8.42 Å². The Morgan fingerprint density at radius 2 is 1.75 bits per heavy atom. The van der Waals surface area contributed by atoms with E-state index in [0.29, 0.717) is 4.90 Å². The third-order valence-electron chi connectivity index (χ3n) is 3.45. The number of sulfone groups is 1. The Morgan fingerprint density at radius 3 is 2.30 bits per heavy atom. The molecule has 4 nitrogen and oxygen atoms in total. The summed E-state index contributed by atoms with van der Waals surface area (Å²) in [5, 5.41) is 3.33. The molecule has 1 fully saturated rings. The maximum atomic E-state index is 12.1. The molecule has 0 unspecified atom stereocenters. The van der Waals surface area contributed by atoms with E-state index in [-0.39, 0.29) is 11.7 Å². The van der Waals surface area contributed by atoms with Gasteiger partial charge < -0.3 is 5.32 Å². The normalized spacial score (nSPS) is 17.6. The van der Waals surface area contributed by atoms with Crippen LogP contribution in [0.3, 0.4) is 0 Å². The van der Waals surface area contributed by atoms with Crippen LogP contribution >= 0.6 is 0 Å². The molecule has 0 aromatic heterocycles. The summed E-state index contributed by atoms with van der Waals surface area (Å²) in [6, 6.07) is 7.37. The SMILES string of the molecule is CC(C)CS(=O)(=O)c1ccc(CN2CCNCC2)cc1. The molecule has 2 rings (SSSR count). The topological polar surface area (TPSA) is 49.4 Å². The number of hydrogen-bond donors (Lipinski definition) is 1. The van der Waals surface area contributed by atoms with Crippen molar-refractivity contribution in [3.05, 3.63) is 29.8 Å². The van der Waals surface area contributed by atoms with E-state index in [2.05, 4.69) is 10.2 Å². The Hall–Kier alpha value is -0.910. The molecule has 1 N–H and O–H groups in total. The first kappa shape index (κ1) is 15.5. The van der Waals surface area contributed by atoms with Gasteiger partial charge in [0.05, 0.1) is 10.6 Å². The molecule has 0 atom stereocenters. The first-order valence-electron chi connectivity index (χ1n) is 7.22. The first-order chi connectivity index (χ1) is 9.47. The summed E-state index contributed by atoms with van der Waals surface area (Å²) in [6.07, 6.45) is 0. The van der Waals surface area contributed by atoms with Crippen molar-refractivity contribution in [2.45, 2.75) is 25.3 Å². The molecular formula is C15H24N2O2S. The van der Waals surface area contributed by atoms with E-state index < -0.39 is 9.84 Å². The minimum atomic E-state index is -3.13. The molecule has 20 heavy (non-hydrogen) atoms. The van der Waals surface area contributed by atoms with Gasteiger partial charge in [-0.15, -0.1) is 0 Å². The Bertz CT molecular complexity index is 517. The molecule has 1 aromatic rings. The van der Waals surface area contributed by atoms with Gasteiger partial charge in [0.2, 0.25) is 0 Å². The van der Waals surface area contributed by atoms with Gasteiger partial charge in [0.15, 0.2) is 9.84 Å². The highest BCUT2D eigenvalue weighted by atomic mass is 32.2. The third kappa shape index (κ3) is 4.30. The predicted octanol–water partition coefficient (Wildman–Crippen LogP) is 1.52. The van der Waals surface area contributed by atoms with Gasteiger partial charge in [0, 0.05) is 32.7 Å². The summed E-state index contributed by atoms with van der Waals surface area (Å²) in [5.74, 6) is 0.366. The van der Waals surface area contributed by atoms with Crippen LogP contribution in [0, 0.1) is 5.92 Å². The minimum absolute atomic E-state index is 0.153. The van der Waals surface area contributed by atoms with Crippen molar-refractivity contribution >= 4 is 9.84 Å². The standard InChI is InChI=1S/C15H24N2O2S/c1-13(2)12-20(18,19)15-5-3-14(4-6-15)11-17-9-7-16-8-10-17/h3-6,13,16H,7-12H2,1-2H3. The van der Waals surface area contributed by atoms with Crippen LogP contribution in [-0.2, 0) is 16.4 Å². The summed E-state index contributed by atoms with van der Waals surface area (Å²) in [6.45, 7) is 8.90. The fraction of sp³-hybridized carbons (Fsp3) is 0.600. The molecular weight excluding hydrogens is 272 g/mol. The number of benzene rings is 1. The van der Waals surface area contributed by atoms with Crippen molar-refractivity contribution in [1.29, 1.82) is 0 Å². The zero-order valence-electron chi connectivity index (χ0n) is 12.3. The summed E-state index contributed by atoms with van der Waals surface area (Å²) in [5.41, 5.74) is 1.18. The van der Waals surface area contributed by atoms with Gasteiger partial charge in [0.25, 0.3) is 0 Å². The summed E-state index contributed by atoms with van der Waals surface area (Å²) in [4.78, 5) is 2.82. The van der Waals surface area contributed by atoms with Crippen molar-refractivity contribution in [2.75, 3.05) is 31.9 Å². The van der Waals surface area contributed by atoms with E-state index in [1.807, 2.05) is 26.0 Å². The van der Waals surface area contributed by atoms with Gasteiger partial charge in [0.1, 0.15) is 0 Å². The molecule has 0 bridgehead atoms. The fourth-order valence-corrected chi connectivity index (χ4v) is 4.09. The van der Waals surface area contributed by atoms with Crippen LogP contribution in [-0.4, -0.2) is 45.2 Å². The number of hydrogen-bond acceptors (Lipinski definition) is 4. The van der Waals surface area contributed by atoms with Crippen molar-refractivity contribution in [3.8, 4) is 0 Å². The Balaban J connectivity index is 2.02. The lowest BCUT2D eigenvalue weighted by molar-refractivity contribution is 0.233. The van der Waals surface area contributed by atoms with Gasteiger partial charge in [-0.2, -0.15) is 0 Å². The number of piperazine rings is 1. The molecule has 0 spiro atoms. The number of nitrogens with one attached hydrogen (secondary N) is 1. The quantitative estimate of drug-likeness (QED) is 0.895. The van der Waals surface area contributed by atoms with Crippen LogP contribution in [0.5, 0.6) is 0 Å². The number of nitrogens with zero attached hydrogens (tertiary/aromatic N) is 1. The summed E-state index contributed by atoms with van der Waals surface area (Å²) < 4.78 is 24.3. The lowest BCUT2D eigenvalue weighted by atomic mass is 10.2. The molecule has 0 saturated carbocycles. The van der Waals surface area contributed by atoms with E-state index in [9.17, 15) is 8.42 Å². The van der Waals surface area contributed by atoms with Crippen LogP contribution in [0.15, 0.2) is 29.2 Å². The van der Waals surface area contributed by atoms with Crippen LogP contribution in [0.4, 0.5) is 0 Å². The van der Waals surface area contributed by atoms with Crippen LogP contribution < -0.4 is 5.32 Å². The van der Waals surface area contributed by atoms with Gasteiger partial charge >= 0.3 is 0 Å². The molecule has 1 aliphatic rings. The molecule has 0 radical (unpaired) electrons. The second kappa shape index (κ2) is 6.70. The van der Waals surface area contributed by atoms with Crippen LogP contribution in [0.2, 0.25) is 0 Å². The second-order valence-electron chi connectivity index (χ2n) is 5.85. The maximum Gasteiger partial charge on any atom is 0.178 e. The zero-order chi connectivity index (χ0) is 14.6. The van der Waals surface area contributed by atoms with Crippen molar-refractivity contribution < 1.29 is 8.42 Å². The van der Waals surface area contributed by atoms with Crippen molar-refractivity contribution in [2.24, 2.45) is 5.92 Å². The van der Waals surface area contributed by atoms with Gasteiger partial charge in [-0.05, 0) is 23.6 Å². The molecule has 1 aromatic carbocycles. The largest absolute Gasteiger partial charge is 0.314 e.